The first-order valence-corrected chi connectivity index (χ1v) is 8.25. The number of rotatable bonds is 3. The number of hydrogen-bond donors (Lipinski definition) is 1. The Hall–Kier alpha value is -2.53. The summed E-state index contributed by atoms with van der Waals surface area (Å²) < 4.78 is 0. The average Bonchev–Trinajstić information content (AvgIpc) is 2.96. The minimum absolute atomic E-state index is 0.179. The first kappa shape index (κ1) is 15.0. The third kappa shape index (κ3) is 2.83. The number of aliphatic hydroxyl groups excluding tert-OH is 1. The minimum atomic E-state index is -0.362. The first-order chi connectivity index (χ1) is 11.7. The van der Waals surface area contributed by atoms with Crippen LogP contribution >= 0.6 is 0 Å². The van der Waals surface area contributed by atoms with E-state index in [0.717, 1.165) is 30.0 Å². The van der Waals surface area contributed by atoms with Crippen molar-refractivity contribution in [3.63, 3.8) is 0 Å². The van der Waals surface area contributed by atoms with Crippen LogP contribution in [0.4, 0.5) is 5.82 Å². The molecule has 0 bridgehead atoms. The van der Waals surface area contributed by atoms with Crippen LogP contribution in [0.3, 0.4) is 0 Å². The van der Waals surface area contributed by atoms with Gasteiger partial charge in [-0.1, -0.05) is 18.2 Å². The molecule has 0 radical (unpaired) electrons. The maximum atomic E-state index is 10.5. The molecular formula is C19H20N4O. The molecular weight excluding hydrogens is 300 g/mol. The lowest BCUT2D eigenvalue weighted by atomic mass is 9.94. The van der Waals surface area contributed by atoms with E-state index in [1.165, 1.54) is 10.9 Å². The van der Waals surface area contributed by atoms with Gasteiger partial charge in [0.1, 0.15) is 5.82 Å². The summed E-state index contributed by atoms with van der Waals surface area (Å²) in [7, 11) is 0. The molecule has 3 aromatic rings. The number of para-hydroxylation sites is 1. The second kappa shape index (κ2) is 6.17. The lowest BCUT2D eigenvalue weighted by Crippen LogP contribution is -2.22. The number of hydrogen-bond acceptors (Lipinski definition) is 5. The van der Waals surface area contributed by atoms with E-state index in [0.29, 0.717) is 6.54 Å². The molecule has 0 amide bonds. The molecule has 0 spiro atoms. The standard InChI is InChI=1S/C19H20N4O/c1-13-9-20-10-19(22-13)23-11-15(18(24)12-23)8-14-6-7-21-17-5-3-2-4-16(14)17/h2-7,9-10,15,18,24H,8,11-12H2,1H3/t15-,18+/m1/s1. The highest BCUT2D eigenvalue weighted by atomic mass is 16.3. The van der Waals surface area contributed by atoms with Gasteiger partial charge in [0.2, 0.25) is 0 Å². The van der Waals surface area contributed by atoms with Gasteiger partial charge in [-0.2, -0.15) is 0 Å². The molecule has 1 aliphatic rings. The predicted molar refractivity (Wildman–Crippen MR) is 93.9 cm³/mol. The summed E-state index contributed by atoms with van der Waals surface area (Å²) >= 11 is 0. The van der Waals surface area contributed by atoms with E-state index in [1.54, 1.807) is 12.4 Å². The van der Waals surface area contributed by atoms with Gasteiger partial charge in [-0.3, -0.25) is 9.97 Å². The Labute approximate surface area is 141 Å². The van der Waals surface area contributed by atoms with E-state index < -0.39 is 0 Å². The number of benzene rings is 1. The summed E-state index contributed by atoms with van der Waals surface area (Å²) in [5.74, 6) is 1.02. The van der Waals surface area contributed by atoms with Crippen molar-refractivity contribution in [3.8, 4) is 0 Å². The molecule has 2 aromatic heterocycles. The van der Waals surface area contributed by atoms with Crippen LogP contribution in [0.2, 0.25) is 0 Å². The van der Waals surface area contributed by atoms with E-state index in [9.17, 15) is 5.11 Å². The Morgan fingerprint density at radius 2 is 2.04 bits per heavy atom. The highest BCUT2D eigenvalue weighted by molar-refractivity contribution is 5.81. The van der Waals surface area contributed by atoms with Gasteiger partial charge in [-0.25, -0.2) is 4.98 Å². The SMILES string of the molecule is Cc1cncc(N2C[C@@H](Cc3ccnc4ccccc34)[C@@H](O)C2)n1. The van der Waals surface area contributed by atoms with E-state index in [1.807, 2.05) is 31.3 Å². The lowest BCUT2D eigenvalue weighted by Gasteiger charge is -2.17. The monoisotopic (exact) mass is 320 g/mol. The summed E-state index contributed by atoms with van der Waals surface area (Å²) in [5.41, 5.74) is 3.14. The second-order valence-electron chi connectivity index (χ2n) is 6.44. The Bertz CT molecular complexity index is 861. The molecule has 24 heavy (non-hydrogen) atoms. The van der Waals surface area contributed by atoms with Crippen molar-refractivity contribution >= 4 is 16.7 Å². The van der Waals surface area contributed by atoms with E-state index in [-0.39, 0.29) is 12.0 Å². The van der Waals surface area contributed by atoms with Gasteiger partial charge in [-0.05, 0) is 31.0 Å². The van der Waals surface area contributed by atoms with E-state index in [4.69, 9.17) is 0 Å². The van der Waals surface area contributed by atoms with Crippen LogP contribution in [0.1, 0.15) is 11.3 Å². The number of aromatic nitrogens is 3. The largest absolute Gasteiger partial charge is 0.391 e. The Kier molecular flexibility index (Phi) is 3.86. The summed E-state index contributed by atoms with van der Waals surface area (Å²) in [5, 5.41) is 11.7. The zero-order valence-electron chi connectivity index (χ0n) is 13.6. The molecule has 0 saturated carbocycles. The molecule has 1 aromatic carbocycles. The number of aliphatic hydroxyl groups is 1. The maximum absolute atomic E-state index is 10.5. The highest BCUT2D eigenvalue weighted by Gasteiger charge is 2.32. The lowest BCUT2D eigenvalue weighted by molar-refractivity contribution is 0.148. The van der Waals surface area contributed by atoms with Crippen molar-refractivity contribution in [2.75, 3.05) is 18.0 Å². The van der Waals surface area contributed by atoms with Crippen molar-refractivity contribution in [2.24, 2.45) is 5.92 Å². The third-order valence-electron chi connectivity index (χ3n) is 4.69. The fraction of sp³-hybridized carbons (Fsp3) is 0.316. The minimum Gasteiger partial charge on any atom is -0.391 e. The van der Waals surface area contributed by atoms with Gasteiger partial charge in [0.15, 0.2) is 0 Å². The second-order valence-corrected chi connectivity index (χ2v) is 6.44. The van der Waals surface area contributed by atoms with E-state index >= 15 is 0 Å². The predicted octanol–water partition coefficient (Wildman–Crippen LogP) is 2.37. The molecule has 122 valence electrons. The summed E-state index contributed by atoms with van der Waals surface area (Å²) in [4.78, 5) is 15.3. The van der Waals surface area contributed by atoms with Gasteiger partial charge < -0.3 is 10.0 Å². The third-order valence-corrected chi connectivity index (χ3v) is 4.69. The van der Waals surface area contributed by atoms with Gasteiger partial charge in [0, 0.05) is 36.8 Å². The molecule has 4 rings (SSSR count). The topological polar surface area (TPSA) is 62.1 Å². The molecule has 1 aliphatic heterocycles. The molecule has 1 fully saturated rings. The average molecular weight is 320 g/mol. The molecule has 5 nitrogen and oxygen atoms in total. The van der Waals surface area contributed by atoms with Gasteiger partial charge in [0.05, 0.1) is 23.5 Å². The zero-order chi connectivity index (χ0) is 16.5. The number of nitrogens with zero attached hydrogens (tertiary/aromatic N) is 4. The first-order valence-electron chi connectivity index (χ1n) is 8.25. The van der Waals surface area contributed by atoms with Crippen molar-refractivity contribution in [3.05, 3.63) is 60.2 Å². The Morgan fingerprint density at radius 1 is 1.17 bits per heavy atom. The van der Waals surface area contributed by atoms with Crippen LogP contribution in [0.15, 0.2) is 48.9 Å². The normalized spacial score (nSPS) is 20.7. The number of β-amino-alcohol motifs (C(OH)–C–C–N with tert-alkyl or cyclic N) is 1. The molecule has 0 aliphatic carbocycles. The Morgan fingerprint density at radius 3 is 2.92 bits per heavy atom. The van der Waals surface area contributed by atoms with Gasteiger partial charge >= 0.3 is 0 Å². The quantitative estimate of drug-likeness (QED) is 0.803. The van der Waals surface area contributed by atoms with Crippen LogP contribution in [0.5, 0.6) is 0 Å². The van der Waals surface area contributed by atoms with Crippen LogP contribution in [0.25, 0.3) is 10.9 Å². The number of anilines is 1. The van der Waals surface area contributed by atoms with Crippen molar-refractivity contribution in [2.45, 2.75) is 19.4 Å². The molecule has 1 saturated heterocycles. The Balaban J connectivity index is 1.57. The molecule has 2 atom stereocenters. The summed E-state index contributed by atoms with van der Waals surface area (Å²) in [6.07, 6.45) is 5.84. The van der Waals surface area contributed by atoms with Crippen LogP contribution in [-0.4, -0.2) is 39.3 Å². The summed E-state index contributed by atoms with van der Waals surface area (Å²) in [6.45, 7) is 3.32. The van der Waals surface area contributed by atoms with Crippen molar-refractivity contribution in [1.29, 1.82) is 0 Å². The maximum Gasteiger partial charge on any atom is 0.147 e. The number of aryl methyl sites for hydroxylation is 1. The molecule has 5 heteroatoms. The number of fused-ring (bicyclic) bond motifs is 1. The molecule has 0 unspecified atom stereocenters. The smallest absolute Gasteiger partial charge is 0.147 e. The van der Waals surface area contributed by atoms with Crippen molar-refractivity contribution in [1.82, 2.24) is 15.0 Å². The number of pyridine rings is 1. The van der Waals surface area contributed by atoms with Crippen LogP contribution in [-0.2, 0) is 6.42 Å². The van der Waals surface area contributed by atoms with Gasteiger partial charge in [-0.15, -0.1) is 0 Å². The highest BCUT2D eigenvalue weighted by Crippen LogP contribution is 2.27. The van der Waals surface area contributed by atoms with Crippen LogP contribution < -0.4 is 4.90 Å². The molecule has 1 N–H and O–H groups in total. The summed E-state index contributed by atoms with van der Waals surface area (Å²) in [6, 6.07) is 10.2. The van der Waals surface area contributed by atoms with Crippen LogP contribution in [0, 0.1) is 12.8 Å². The fourth-order valence-corrected chi connectivity index (χ4v) is 3.46. The van der Waals surface area contributed by atoms with E-state index in [2.05, 4.69) is 32.0 Å². The van der Waals surface area contributed by atoms with Crippen molar-refractivity contribution < 1.29 is 5.11 Å². The zero-order valence-corrected chi connectivity index (χ0v) is 13.6. The fourth-order valence-electron chi connectivity index (χ4n) is 3.46. The van der Waals surface area contributed by atoms with Gasteiger partial charge in [0.25, 0.3) is 0 Å². The molecule has 3 heterocycles.